The van der Waals surface area contributed by atoms with Crippen molar-refractivity contribution in [2.75, 3.05) is 0 Å². The van der Waals surface area contributed by atoms with Crippen LogP contribution in [0.25, 0.3) is 0 Å². The summed E-state index contributed by atoms with van der Waals surface area (Å²) in [5.74, 6) is -0.656. The molecular weight excluding hydrogens is 243 g/mol. The molecule has 92 valence electrons. The molecular formula is C11H14BClFNO2. The largest absolute Gasteiger partial charge is 0.501 e. The second kappa shape index (κ2) is 3.94. The average Bonchev–Trinajstić information content (AvgIpc) is 2.35. The quantitative estimate of drug-likeness (QED) is 0.571. The van der Waals surface area contributed by atoms with Gasteiger partial charge in [-0.2, -0.15) is 4.39 Å². The van der Waals surface area contributed by atoms with Gasteiger partial charge in [0.15, 0.2) is 0 Å². The fraction of sp³-hybridized carbons (Fsp3) is 0.545. The topological polar surface area (TPSA) is 31.4 Å². The lowest BCUT2D eigenvalue weighted by Crippen LogP contribution is -2.41. The highest BCUT2D eigenvalue weighted by atomic mass is 35.5. The van der Waals surface area contributed by atoms with Crippen molar-refractivity contribution in [3.05, 3.63) is 23.2 Å². The first-order valence-electron chi connectivity index (χ1n) is 5.40. The van der Waals surface area contributed by atoms with Gasteiger partial charge >= 0.3 is 7.12 Å². The first kappa shape index (κ1) is 12.8. The van der Waals surface area contributed by atoms with Crippen LogP contribution in [0.2, 0.25) is 5.02 Å². The molecule has 0 atom stereocenters. The molecule has 1 fully saturated rings. The minimum atomic E-state index is -0.818. The Morgan fingerprint density at radius 3 is 2.24 bits per heavy atom. The highest BCUT2D eigenvalue weighted by molar-refractivity contribution is 6.65. The van der Waals surface area contributed by atoms with Crippen molar-refractivity contribution >= 4 is 24.2 Å². The van der Waals surface area contributed by atoms with E-state index in [9.17, 15) is 4.39 Å². The first-order valence-corrected chi connectivity index (χ1v) is 5.78. The van der Waals surface area contributed by atoms with Crippen molar-refractivity contribution in [1.29, 1.82) is 0 Å². The van der Waals surface area contributed by atoms with Gasteiger partial charge in [0.05, 0.1) is 16.7 Å². The zero-order chi connectivity index (χ0) is 12.8. The van der Waals surface area contributed by atoms with Crippen LogP contribution in [0.15, 0.2) is 12.3 Å². The predicted molar refractivity (Wildman–Crippen MR) is 64.9 cm³/mol. The normalized spacial score (nSPS) is 21.9. The Balaban J connectivity index is 2.39. The van der Waals surface area contributed by atoms with Crippen LogP contribution in [0.5, 0.6) is 0 Å². The zero-order valence-corrected chi connectivity index (χ0v) is 11.0. The third-order valence-corrected chi connectivity index (χ3v) is 3.71. The number of rotatable bonds is 1. The minimum Gasteiger partial charge on any atom is -0.399 e. The molecule has 1 saturated heterocycles. The third kappa shape index (κ3) is 2.07. The molecule has 2 heterocycles. The van der Waals surface area contributed by atoms with Gasteiger partial charge < -0.3 is 9.31 Å². The number of hydrogen-bond acceptors (Lipinski definition) is 3. The fourth-order valence-electron chi connectivity index (χ4n) is 1.60. The Morgan fingerprint density at radius 2 is 1.76 bits per heavy atom. The third-order valence-electron chi connectivity index (χ3n) is 3.38. The molecule has 6 heteroatoms. The van der Waals surface area contributed by atoms with E-state index in [4.69, 9.17) is 20.9 Å². The number of aromatic nitrogens is 1. The number of nitrogens with zero attached hydrogens (tertiary/aromatic N) is 1. The van der Waals surface area contributed by atoms with Gasteiger partial charge in [-0.25, -0.2) is 4.98 Å². The summed E-state index contributed by atoms with van der Waals surface area (Å²) in [5.41, 5.74) is -0.889. The van der Waals surface area contributed by atoms with Crippen molar-refractivity contribution in [2.24, 2.45) is 0 Å². The molecule has 0 aromatic carbocycles. The first-order chi connectivity index (χ1) is 7.74. The molecule has 1 aromatic rings. The van der Waals surface area contributed by atoms with Crippen molar-refractivity contribution in [3.63, 3.8) is 0 Å². The molecule has 0 amide bonds. The van der Waals surface area contributed by atoms with E-state index in [2.05, 4.69) is 4.98 Å². The maximum absolute atomic E-state index is 13.7. The molecule has 1 aliphatic rings. The monoisotopic (exact) mass is 257 g/mol. The van der Waals surface area contributed by atoms with E-state index < -0.39 is 24.3 Å². The maximum atomic E-state index is 13.7. The maximum Gasteiger partial charge on any atom is 0.501 e. The van der Waals surface area contributed by atoms with Gasteiger partial charge in [0.25, 0.3) is 0 Å². The summed E-state index contributed by atoms with van der Waals surface area (Å²) in [7, 11) is -0.818. The molecule has 1 aliphatic heterocycles. The van der Waals surface area contributed by atoms with Gasteiger partial charge in [0.2, 0.25) is 5.95 Å². The molecule has 0 bridgehead atoms. The van der Waals surface area contributed by atoms with Gasteiger partial charge in [-0.05, 0) is 33.8 Å². The minimum absolute atomic E-state index is 0.160. The smallest absolute Gasteiger partial charge is 0.399 e. The summed E-state index contributed by atoms with van der Waals surface area (Å²) < 4.78 is 25.1. The number of pyridine rings is 1. The van der Waals surface area contributed by atoms with Crippen molar-refractivity contribution in [3.8, 4) is 0 Å². The van der Waals surface area contributed by atoms with E-state index in [0.717, 1.165) is 0 Å². The molecule has 0 saturated carbocycles. The molecule has 17 heavy (non-hydrogen) atoms. The zero-order valence-electron chi connectivity index (χ0n) is 10.3. The molecule has 1 aromatic heterocycles. The highest BCUT2D eigenvalue weighted by Crippen LogP contribution is 2.37. The molecule has 0 aliphatic carbocycles. The van der Waals surface area contributed by atoms with Gasteiger partial charge in [-0.3, -0.25) is 0 Å². The SMILES string of the molecule is CC1(C)OB(c2c(Cl)ccnc2F)OC1(C)C. The van der Waals surface area contributed by atoms with E-state index in [-0.39, 0.29) is 10.5 Å². The van der Waals surface area contributed by atoms with Crippen LogP contribution in [-0.2, 0) is 9.31 Å². The van der Waals surface area contributed by atoms with Gasteiger partial charge in [0.1, 0.15) is 0 Å². The lowest BCUT2D eigenvalue weighted by molar-refractivity contribution is 0.00578. The van der Waals surface area contributed by atoms with Gasteiger partial charge in [-0.15, -0.1) is 0 Å². The Hall–Kier alpha value is -0.645. The lowest BCUT2D eigenvalue weighted by Gasteiger charge is -2.32. The summed E-state index contributed by atoms with van der Waals surface area (Å²) >= 11 is 5.96. The molecule has 2 rings (SSSR count). The summed E-state index contributed by atoms with van der Waals surface area (Å²) in [6, 6.07) is 1.52. The molecule has 0 unspecified atom stereocenters. The van der Waals surface area contributed by atoms with E-state index >= 15 is 0 Å². The Kier molecular flexibility index (Phi) is 2.96. The summed E-state index contributed by atoms with van der Waals surface area (Å²) in [6.07, 6.45) is 1.31. The van der Waals surface area contributed by atoms with E-state index in [1.807, 2.05) is 27.7 Å². The number of halogens is 2. The highest BCUT2D eigenvalue weighted by Gasteiger charge is 2.53. The van der Waals surface area contributed by atoms with Gasteiger partial charge in [0, 0.05) is 11.2 Å². The molecule has 0 spiro atoms. The van der Waals surface area contributed by atoms with Crippen LogP contribution < -0.4 is 5.46 Å². The summed E-state index contributed by atoms with van der Waals surface area (Å²) in [5, 5.41) is 0.260. The van der Waals surface area contributed by atoms with Crippen LogP contribution in [0.3, 0.4) is 0 Å². The fourth-order valence-corrected chi connectivity index (χ4v) is 1.82. The second-order valence-electron chi connectivity index (χ2n) is 5.09. The molecule has 0 radical (unpaired) electrons. The van der Waals surface area contributed by atoms with E-state index in [0.29, 0.717) is 0 Å². The predicted octanol–water partition coefficient (Wildman–Crippen LogP) is 2.17. The second-order valence-corrected chi connectivity index (χ2v) is 5.49. The van der Waals surface area contributed by atoms with E-state index in [1.54, 1.807) is 0 Å². The Bertz CT molecular complexity index is 417. The van der Waals surface area contributed by atoms with Gasteiger partial charge in [-0.1, -0.05) is 11.6 Å². The summed E-state index contributed by atoms with van der Waals surface area (Å²) in [6.45, 7) is 7.59. The van der Waals surface area contributed by atoms with Crippen molar-refractivity contribution in [2.45, 2.75) is 38.9 Å². The summed E-state index contributed by atoms with van der Waals surface area (Å²) in [4.78, 5) is 3.57. The molecule has 3 nitrogen and oxygen atoms in total. The average molecular weight is 258 g/mol. The number of hydrogen-bond donors (Lipinski definition) is 0. The van der Waals surface area contributed by atoms with Crippen LogP contribution in [-0.4, -0.2) is 23.3 Å². The Labute approximate surface area is 105 Å². The van der Waals surface area contributed by atoms with E-state index in [1.165, 1.54) is 12.3 Å². The van der Waals surface area contributed by atoms with Crippen LogP contribution in [0, 0.1) is 5.95 Å². The standard InChI is InChI=1S/C11H14BClFNO2/c1-10(2)11(3,4)17-12(16-10)8-7(13)5-6-15-9(8)14/h5-6H,1-4H3. The van der Waals surface area contributed by atoms with Crippen LogP contribution in [0.1, 0.15) is 27.7 Å². The van der Waals surface area contributed by atoms with Crippen LogP contribution >= 0.6 is 11.6 Å². The lowest BCUT2D eigenvalue weighted by atomic mass is 9.80. The van der Waals surface area contributed by atoms with Crippen LogP contribution in [0.4, 0.5) is 4.39 Å². The van der Waals surface area contributed by atoms with Crippen molar-refractivity contribution < 1.29 is 13.7 Å². The van der Waals surface area contributed by atoms with Crippen molar-refractivity contribution in [1.82, 2.24) is 4.98 Å². The Morgan fingerprint density at radius 1 is 1.24 bits per heavy atom. The molecule has 0 N–H and O–H groups in total.